The van der Waals surface area contributed by atoms with Crippen molar-refractivity contribution in [3.63, 3.8) is 0 Å². The fourth-order valence-electron chi connectivity index (χ4n) is 1.61. The van der Waals surface area contributed by atoms with Crippen LogP contribution in [0.4, 0.5) is 11.4 Å². The summed E-state index contributed by atoms with van der Waals surface area (Å²) in [5.74, 6) is 0. The summed E-state index contributed by atoms with van der Waals surface area (Å²) < 4.78 is 0.779. The number of anilines is 2. The van der Waals surface area contributed by atoms with Crippen LogP contribution >= 0.6 is 27.5 Å². The zero-order valence-corrected chi connectivity index (χ0v) is 12.0. The van der Waals surface area contributed by atoms with E-state index in [9.17, 15) is 0 Å². The SMILES string of the molecule is Cc1cc(Cl)ccc1Nc1ccc(C#N)c(Br)c1. The average Bonchev–Trinajstić information content (AvgIpc) is 2.33. The third-order valence-corrected chi connectivity index (χ3v) is 3.45. The fraction of sp³-hybridized carbons (Fsp3) is 0.0714. The first-order chi connectivity index (χ1) is 8.60. The molecular weight excluding hydrogens is 312 g/mol. The van der Waals surface area contributed by atoms with Gasteiger partial charge >= 0.3 is 0 Å². The first-order valence-corrected chi connectivity index (χ1v) is 6.50. The highest BCUT2D eigenvalue weighted by atomic mass is 79.9. The highest BCUT2D eigenvalue weighted by Gasteiger charge is 2.03. The predicted octanol–water partition coefficient (Wildman–Crippen LogP) is 5.03. The molecule has 4 heteroatoms. The molecule has 1 N–H and O–H groups in total. The molecule has 0 radical (unpaired) electrons. The Kier molecular flexibility index (Phi) is 3.90. The third-order valence-electron chi connectivity index (χ3n) is 2.56. The van der Waals surface area contributed by atoms with Crippen molar-refractivity contribution in [2.45, 2.75) is 6.92 Å². The molecule has 0 aliphatic heterocycles. The van der Waals surface area contributed by atoms with Crippen LogP contribution < -0.4 is 5.32 Å². The number of nitrogens with one attached hydrogen (secondary N) is 1. The maximum absolute atomic E-state index is 8.86. The largest absolute Gasteiger partial charge is 0.355 e. The molecule has 0 aliphatic carbocycles. The zero-order chi connectivity index (χ0) is 13.1. The molecule has 0 aromatic heterocycles. The Balaban J connectivity index is 2.29. The number of hydrogen-bond acceptors (Lipinski definition) is 2. The van der Waals surface area contributed by atoms with Gasteiger partial charge in [0.05, 0.1) is 5.56 Å². The molecule has 0 spiro atoms. The average molecular weight is 322 g/mol. The van der Waals surface area contributed by atoms with Crippen LogP contribution in [0, 0.1) is 18.3 Å². The quantitative estimate of drug-likeness (QED) is 0.842. The molecule has 0 unspecified atom stereocenters. The molecule has 2 nitrogen and oxygen atoms in total. The molecule has 2 aromatic rings. The minimum atomic E-state index is 0.619. The highest BCUT2D eigenvalue weighted by molar-refractivity contribution is 9.10. The maximum atomic E-state index is 8.86. The van der Waals surface area contributed by atoms with Crippen LogP contribution in [-0.2, 0) is 0 Å². The molecule has 2 rings (SSSR count). The predicted molar refractivity (Wildman–Crippen MR) is 78.3 cm³/mol. The van der Waals surface area contributed by atoms with E-state index in [0.717, 1.165) is 26.4 Å². The van der Waals surface area contributed by atoms with Gasteiger partial charge < -0.3 is 5.32 Å². The van der Waals surface area contributed by atoms with Gasteiger partial charge in [-0.25, -0.2) is 0 Å². The van der Waals surface area contributed by atoms with Gasteiger partial charge in [0.1, 0.15) is 6.07 Å². The van der Waals surface area contributed by atoms with Gasteiger partial charge in [0.2, 0.25) is 0 Å². The summed E-state index contributed by atoms with van der Waals surface area (Å²) in [6.07, 6.45) is 0. The van der Waals surface area contributed by atoms with E-state index in [-0.39, 0.29) is 0 Å². The Morgan fingerprint density at radius 2 is 2.00 bits per heavy atom. The molecule has 0 heterocycles. The number of halogens is 2. The van der Waals surface area contributed by atoms with Crippen molar-refractivity contribution in [1.29, 1.82) is 5.26 Å². The summed E-state index contributed by atoms with van der Waals surface area (Å²) in [4.78, 5) is 0. The van der Waals surface area contributed by atoms with Crippen molar-refractivity contribution in [3.8, 4) is 6.07 Å². The van der Waals surface area contributed by atoms with E-state index in [1.165, 1.54) is 0 Å². The normalized spacial score (nSPS) is 9.89. The van der Waals surface area contributed by atoms with Crippen LogP contribution in [-0.4, -0.2) is 0 Å². The summed E-state index contributed by atoms with van der Waals surface area (Å²) in [7, 11) is 0. The lowest BCUT2D eigenvalue weighted by molar-refractivity contribution is 1.42. The first kappa shape index (κ1) is 12.9. The van der Waals surface area contributed by atoms with Crippen LogP contribution in [0.3, 0.4) is 0 Å². The molecule has 0 saturated carbocycles. The molecule has 0 amide bonds. The van der Waals surface area contributed by atoms with E-state index in [1.54, 1.807) is 6.07 Å². The Morgan fingerprint density at radius 1 is 1.22 bits per heavy atom. The number of hydrogen-bond donors (Lipinski definition) is 1. The van der Waals surface area contributed by atoms with Gasteiger partial charge in [0.15, 0.2) is 0 Å². The van der Waals surface area contributed by atoms with E-state index < -0.39 is 0 Å². The van der Waals surface area contributed by atoms with Gasteiger partial charge in [-0.15, -0.1) is 0 Å². The van der Waals surface area contributed by atoms with Crippen molar-refractivity contribution >= 4 is 38.9 Å². The summed E-state index contributed by atoms with van der Waals surface area (Å²) in [5, 5.41) is 12.9. The van der Waals surface area contributed by atoms with Crippen molar-refractivity contribution in [2.75, 3.05) is 5.32 Å². The smallest absolute Gasteiger partial charge is 0.100 e. The topological polar surface area (TPSA) is 35.8 Å². The van der Waals surface area contributed by atoms with Crippen molar-refractivity contribution in [3.05, 3.63) is 57.0 Å². The molecule has 0 aliphatic rings. The van der Waals surface area contributed by atoms with Crippen molar-refractivity contribution < 1.29 is 0 Å². The zero-order valence-electron chi connectivity index (χ0n) is 9.67. The molecule has 0 bridgehead atoms. The molecule has 0 fully saturated rings. The van der Waals surface area contributed by atoms with E-state index in [1.807, 2.05) is 37.3 Å². The number of rotatable bonds is 2. The van der Waals surface area contributed by atoms with Gasteiger partial charge in [-0.3, -0.25) is 0 Å². The van der Waals surface area contributed by atoms with Gasteiger partial charge in [-0.05, 0) is 64.8 Å². The Morgan fingerprint density at radius 3 is 2.61 bits per heavy atom. The van der Waals surface area contributed by atoms with Crippen LogP contribution in [0.5, 0.6) is 0 Å². The summed E-state index contributed by atoms with van der Waals surface area (Å²) >= 11 is 9.28. The van der Waals surface area contributed by atoms with E-state index in [0.29, 0.717) is 5.56 Å². The lowest BCUT2D eigenvalue weighted by Crippen LogP contribution is -1.93. The van der Waals surface area contributed by atoms with E-state index >= 15 is 0 Å². The lowest BCUT2D eigenvalue weighted by atomic mass is 10.1. The lowest BCUT2D eigenvalue weighted by Gasteiger charge is -2.10. The summed E-state index contributed by atoms with van der Waals surface area (Å²) in [6, 6.07) is 13.3. The second kappa shape index (κ2) is 5.43. The highest BCUT2D eigenvalue weighted by Crippen LogP contribution is 2.26. The standard InChI is InChI=1S/C14H10BrClN2/c1-9-6-11(16)3-5-14(9)18-12-4-2-10(8-17)13(15)7-12/h2-7,18H,1H3. The Labute approximate surface area is 119 Å². The Hall–Kier alpha value is -1.50. The third kappa shape index (κ3) is 2.84. The van der Waals surface area contributed by atoms with Crippen molar-refractivity contribution in [2.24, 2.45) is 0 Å². The van der Waals surface area contributed by atoms with Crippen LogP contribution in [0.15, 0.2) is 40.9 Å². The minimum Gasteiger partial charge on any atom is -0.355 e. The number of nitriles is 1. The molecule has 0 saturated heterocycles. The molecule has 90 valence electrons. The Bertz CT molecular complexity index is 632. The molecule has 2 aromatic carbocycles. The van der Waals surface area contributed by atoms with Crippen LogP contribution in [0.25, 0.3) is 0 Å². The van der Waals surface area contributed by atoms with Crippen LogP contribution in [0.1, 0.15) is 11.1 Å². The summed E-state index contributed by atoms with van der Waals surface area (Å²) in [5.41, 5.74) is 3.61. The number of aryl methyl sites for hydroxylation is 1. The van der Waals surface area contributed by atoms with E-state index in [4.69, 9.17) is 16.9 Å². The fourth-order valence-corrected chi connectivity index (χ4v) is 2.30. The van der Waals surface area contributed by atoms with Crippen molar-refractivity contribution in [1.82, 2.24) is 0 Å². The van der Waals surface area contributed by atoms with Gasteiger partial charge in [0.25, 0.3) is 0 Å². The van der Waals surface area contributed by atoms with Gasteiger partial charge in [-0.1, -0.05) is 11.6 Å². The molecule has 18 heavy (non-hydrogen) atoms. The van der Waals surface area contributed by atoms with Gasteiger partial charge in [-0.2, -0.15) is 5.26 Å². The monoisotopic (exact) mass is 320 g/mol. The second-order valence-electron chi connectivity index (χ2n) is 3.89. The number of benzene rings is 2. The van der Waals surface area contributed by atoms with Crippen LogP contribution in [0.2, 0.25) is 5.02 Å². The molecular formula is C14H10BrClN2. The minimum absolute atomic E-state index is 0.619. The molecule has 0 atom stereocenters. The second-order valence-corrected chi connectivity index (χ2v) is 5.18. The number of nitrogens with zero attached hydrogens (tertiary/aromatic N) is 1. The van der Waals surface area contributed by atoms with E-state index in [2.05, 4.69) is 27.3 Å². The first-order valence-electron chi connectivity index (χ1n) is 5.33. The van der Waals surface area contributed by atoms with Gasteiger partial charge in [0, 0.05) is 20.9 Å². The maximum Gasteiger partial charge on any atom is 0.100 e. The summed E-state index contributed by atoms with van der Waals surface area (Å²) in [6.45, 7) is 1.99.